The first kappa shape index (κ1) is 22.0. The van der Waals surface area contributed by atoms with Crippen molar-refractivity contribution in [1.29, 1.82) is 0 Å². The van der Waals surface area contributed by atoms with E-state index in [9.17, 15) is 14.0 Å². The zero-order chi connectivity index (χ0) is 21.9. The minimum Gasteiger partial charge on any atom is -0.466 e. The Bertz CT molecular complexity index is 907. The quantitative estimate of drug-likeness (QED) is 0.675. The van der Waals surface area contributed by atoms with Gasteiger partial charge in [0, 0.05) is 20.1 Å². The second-order valence-corrected chi connectivity index (χ2v) is 8.37. The lowest BCUT2D eigenvalue weighted by molar-refractivity contribution is -0.158. The molecule has 6 nitrogen and oxygen atoms in total. The van der Waals surface area contributed by atoms with Crippen molar-refractivity contribution >= 4 is 11.9 Å². The summed E-state index contributed by atoms with van der Waals surface area (Å²) in [5.41, 5.74) is 1.38. The van der Waals surface area contributed by atoms with Crippen LogP contribution in [0.15, 0.2) is 30.3 Å². The highest BCUT2D eigenvalue weighted by atomic mass is 19.1. The fraction of sp³-hybridized carbons (Fsp3) is 0.522. The average Bonchev–Trinajstić information content (AvgIpc) is 3.11. The fourth-order valence-corrected chi connectivity index (χ4v) is 4.10. The molecule has 0 bridgehead atoms. The van der Waals surface area contributed by atoms with Crippen LogP contribution in [-0.4, -0.2) is 46.3 Å². The fourth-order valence-electron chi connectivity index (χ4n) is 4.10. The summed E-state index contributed by atoms with van der Waals surface area (Å²) in [5.74, 6) is -0.540. The van der Waals surface area contributed by atoms with Crippen LogP contribution in [-0.2, 0) is 23.0 Å². The van der Waals surface area contributed by atoms with Crippen molar-refractivity contribution in [2.75, 3.05) is 19.7 Å². The molecule has 0 spiro atoms. The number of rotatable bonds is 6. The molecule has 1 saturated heterocycles. The van der Waals surface area contributed by atoms with Crippen LogP contribution >= 0.6 is 0 Å². The van der Waals surface area contributed by atoms with Gasteiger partial charge >= 0.3 is 5.97 Å². The van der Waals surface area contributed by atoms with Crippen LogP contribution in [0.5, 0.6) is 0 Å². The first-order valence-electron chi connectivity index (χ1n) is 10.5. The van der Waals surface area contributed by atoms with E-state index >= 15 is 0 Å². The predicted molar refractivity (Wildman–Crippen MR) is 112 cm³/mol. The summed E-state index contributed by atoms with van der Waals surface area (Å²) in [7, 11) is 1.76. The summed E-state index contributed by atoms with van der Waals surface area (Å²) < 4.78 is 20.4. The number of amides is 1. The van der Waals surface area contributed by atoms with Gasteiger partial charge in [-0.3, -0.25) is 14.3 Å². The number of nitrogens with zero attached hydrogens (tertiary/aromatic N) is 3. The van der Waals surface area contributed by atoms with E-state index < -0.39 is 5.41 Å². The summed E-state index contributed by atoms with van der Waals surface area (Å²) in [6, 6.07) is 7.99. The number of aromatic nitrogens is 2. The van der Waals surface area contributed by atoms with Crippen LogP contribution < -0.4 is 0 Å². The number of halogens is 1. The number of carbonyl (C=O) groups excluding carboxylic acids is 2. The van der Waals surface area contributed by atoms with Crippen molar-refractivity contribution in [2.45, 2.75) is 46.0 Å². The molecule has 1 aromatic carbocycles. The average molecular weight is 416 g/mol. The Balaban J connectivity index is 1.88. The molecule has 1 aromatic heterocycles. The lowest BCUT2D eigenvalue weighted by Crippen LogP contribution is -2.52. The smallest absolute Gasteiger partial charge is 0.314 e. The maximum Gasteiger partial charge on any atom is 0.314 e. The van der Waals surface area contributed by atoms with E-state index in [0.29, 0.717) is 31.5 Å². The van der Waals surface area contributed by atoms with Gasteiger partial charge in [-0.2, -0.15) is 5.10 Å². The largest absolute Gasteiger partial charge is 0.466 e. The van der Waals surface area contributed by atoms with Crippen LogP contribution in [0.2, 0.25) is 0 Å². The number of aryl methyl sites for hydroxylation is 1. The van der Waals surface area contributed by atoms with Gasteiger partial charge < -0.3 is 9.64 Å². The Morgan fingerprint density at radius 2 is 1.97 bits per heavy atom. The number of esters is 1. The van der Waals surface area contributed by atoms with Crippen molar-refractivity contribution in [3.8, 4) is 0 Å². The van der Waals surface area contributed by atoms with Crippen LogP contribution in [0, 0.1) is 11.2 Å². The minimum absolute atomic E-state index is 0.135. The lowest BCUT2D eigenvalue weighted by atomic mass is 9.75. The third-order valence-electron chi connectivity index (χ3n) is 5.74. The van der Waals surface area contributed by atoms with E-state index in [4.69, 9.17) is 4.74 Å². The molecule has 2 aromatic rings. The molecule has 162 valence electrons. The second-order valence-electron chi connectivity index (χ2n) is 8.37. The van der Waals surface area contributed by atoms with E-state index in [-0.39, 0.29) is 36.8 Å². The van der Waals surface area contributed by atoms with Gasteiger partial charge in [-0.25, -0.2) is 4.39 Å². The van der Waals surface area contributed by atoms with Gasteiger partial charge in [0.25, 0.3) is 5.91 Å². The molecule has 0 saturated carbocycles. The van der Waals surface area contributed by atoms with Gasteiger partial charge in [0.1, 0.15) is 11.5 Å². The maximum atomic E-state index is 13.3. The molecule has 0 N–H and O–H groups in total. The van der Waals surface area contributed by atoms with Gasteiger partial charge in [0.15, 0.2) is 0 Å². The molecule has 0 aliphatic carbocycles. The third-order valence-corrected chi connectivity index (χ3v) is 5.74. The molecule has 0 radical (unpaired) electrons. The number of piperidine rings is 1. The van der Waals surface area contributed by atoms with Crippen molar-refractivity contribution in [1.82, 2.24) is 14.7 Å². The van der Waals surface area contributed by atoms with Gasteiger partial charge in [0.2, 0.25) is 0 Å². The van der Waals surface area contributed by atoms with Crippen LogP contribution in [0.1, 0.15) is 61.3 Å². The van der Waals surface area contributed by atoms with Gasteiger partial charge in [-0.1, -0.05) is 26.0 Å². The molecule has 1 aliphatic rings. The molecule has 2 heterocycles. The van der Waals surface area contributed by atoms with Crippen molar-refractivity contribution in [2.24, 2.45) is 12.5 Å². The first-order valence-corrected chi connectivity index (χ1v) is 10.5. The number of hydrogen-bond donors (Lipinski definition) is 0. The molecular formula is C23H30FN3O3. The first-order chi connectivity index (χ1) is 14.3. The van der Waals surface area contributed by atoms with Gasteiger partial charge in [-0.15, -0.1) is 0 Å². The Hall–Kier alpha value is -2.70. The highest BCUT2D eigenvalue weighted by Crippen LogP contribution is 2.36. The third kappa shape index (κ3) is 4.55. The number of carbonyl (C=O) groups is 2. The minimum atomic E-state index is -0.846. The number of likely N-dealkylation sites (tertiary alicyclic amines) is 1. The number of ether oxygens (including phenoxy) is 1. The zero-order valence-corrected chi connectivity index (χ0v) is 18.2. The second kappa shape index (κ2) is 8.98. The highest BCUT2D eigenvalue weighted by Gasteiger charge is 2.45. The molecule has 0 unspecified atom stereocenters. The van der Waals surface area contributed by atoms with E-state index in [1.54, 1.807) is 35.7 Å². The summed E-state index contributed by atoms with van der Waals surface area (Å²) in [5, 5.41) is 4.44. The molecule has 1 atom stereocenters. The summed E-state index contributed by atoms with van der Waals surface area (Å²) in [6.45, 7) is 6.96. The zero-order valence-electron chi connectivity index (χ0n) is 18.2. The summed E-state index contributed by atoms with van der Waals surface area (Å²) >= 11 is 0. The Morgan fingerprint density at radius 1 is 1.27 bits per heavy atom. The number of hydrogen-bond acceptors (Lipinski definition) is 4. The van der Waals surface area contributed by atoms with Gasteiger partial charge in [0.05, 0.1) is 17.7 Å². The standard InChI is InChI=1S/C23H30FN3O3/c1-5-30-22(29)23(14-17-7-9-18(24)10-8-17)11-6-12-27(15-23)21(28)20-13-19(16(2)3)25-26(20)4/h7-10,13,16H,5-6,11-12,14-15H2,1-4H3/t23-/m0/s1. The Kier molecular flexibility index (Phi) is 6.58. The van der Waals surface area contributed by atoms with Crippen molar-refractivity contribution < 1.29 is 18.7 Å². The predicted octanol–water partition coefficient (Wildman–Crippen LogP) is 3.71. The van der Waals surface area contributed by atoms with E-state index in [2.05, 4.69) is 5.10 Å². The molecule has 30 heavy (non-hydrogen) atoms. The highest BCUT2D eigenvalue weighted by molar-refractivity contribution is 5.93. The number of benzene rings is 1. The molecule has 3 rings (SSSR count). The van der Waals surface area contributed by atoms with Crippen LogP contribution in [0.3, 0.4) is 0 Å². The Labute approximate surface area is 177 Å². The topological polar surface area (TPSA) is 64.4 Å². The molecule has 7 heteroatoms. The maximum absolute atomic E-state index is 13.3. The van der Waals surface area contributed by atoms with Crippen LogP contribution in [0.4, 0.5) is 4.39 Å². The van der Waals surface area contributed by atoms with E-state index in [0.717, 1.165) is 11.3 Å². The lowest BCUT2D eigenvalue weighted by Gasteiger charge is -2.41. The molecule has 1 fully saturated rings. The normalized spacial score (nSPS) is 19.2. The summed E-state index contributed by atoms with van der Waals surface area (Å²) in [6.07, 6.45) is 1.72. The van der Waals surface area contributed by atoms with Gasteiger partial charge in [-0.05, 0) is 55.9 Å². The van der Waals surface area contributed by atoms with Crippen molar-refractivity contribution in [3.05, 3.63) is 53.1 Å². The molecular weight excluding hydrogens is 385 g/mol. The monoisotopic (exact) mass is 415 g/mol. The molecule has 1 amide bonds. The summed E-state index contributed by atoms with van der Waals surface area (Å²) in [4.78, 5) is 28.0. The SMILES string of the molecule is CCOC(=O)[C@]1(Cc2ccc(F)cc2)CCCN(C(=O)c2cc(C(C)C)nn2C)C1. The Morgan fingerprint density at radius 3 is 2.57 bits per heavy atom. The van der Waals surface area contributed by atoms with Crippen molar-refractivity contribution in [3.63, 3.8) is 0 Å². The van der Waals surface area contributed by atoms with Crippen LogP contribution in [0.25, 0.3) is 0 Å². The molecule has 1 aliphatic heterocycles. The van der Waals surface area contributed by atoms with E-state index in [1.165, 1.54) is 12.1 Å². The van der Waals surface area contributed by atoms with E-state index in [1.807, 2.05) is 19.9 Å².